The van der Waals surface area contributed by atoms with E-state index in [0.29, 0.717) is 17.9 Å². The number of carbonyl (C=O) groups is 1. The van der Waals surface area contributed by atoms with E-state index in [-0.39, 0.29) is 5.41 Å². The summed E-state index contributed by atoms with van der Waals surface area (Å²) in [5.74, 6) is 0.912. The second-order valence-corrected chi connectivity index (χ2v) is 4.20. The molecule has 2 heteroatoms. The van der Waals surface area contributed by atoms with Crippen molar-refractivity contribution in [2.45, 2.75) is 39.2 Å². The van der Waals surface area contributed by atoms with Crippen molar-refractivity contribution in [3.63, 3.8) is 0 Å². The van der Waals surface area contributed by atoms with Gasteiger partial charge in [-0.3, -0.25) is 4.79 Å². The first kappa shape index (κ1) is 7.14. The SMILES string of the molecule is CC(C)[C@H]1NC(=O)C12CCC2. The molecule has 1 atom stereocenters. The Kier molecular flexibility index (Phi) is 1.29. The summed E-state index contributed by atoms with van der Waals surface area (Å²) < 4.78 is 0. The highest BCUT2D eigenvalue weighted by Crippen LogP contribution is 2.51. The number of β-lactam (4-membered cyclic amide) rings is 1. The largest absolute Gasteiger partial charge is 0.351 e. The average Bonchev–Trinajstić information content (AvgIpc) is 1.78. The van der Waals surface area contributed by atoms with Crippen LogP contribution in [0.4, 0.5) is 0 Å². The van der Waals surface area contributed by atoms with Crippen molar-refractivity contribution in [3.8, 4) is 0 Å². The van der Waals surface area contributed by atoms with Gasteiger partial charge in [0, 0.05) is 6.04 Å². The molecule has 0 aromatic carbocycles. The molecule has 1 heterocycles. The van der Waals surface area contributed by atoms with Crippen LogP contribution < -0.4 is 5.32 Å². The Morgan fingerprint density at radius 3 is 2.36 bits per heavy atom. The van der Waals surface area contributed by atoms with Gasteiger partial charge >= 0.3 is 0 Å². The Labute approximate surface area is 67.4 Å². The summed E-state index contributed by atoms with van der Waals surface area (Å²) in [5, 5.41) is 3.00. The van der Waals surface area contributed by atoms with E-state index in [1.54, 1.807) is 0 Å². The molecule has 1 N–H and O–H groups in total. The molecule has 1 aliphatic carbocycles. The quantitative estimate of drug-likeness (QED) is 0.565. The van der Waals surface area contributed by atoms with Crippen molar-refractivity contribution in [2.75, 3.05) is 0 Å². The number of nitrogens with one attached hydrogen (secondary N) is 1. The molecule has 1 aliphatic heterocycles. The van der Waals surface area contributed by atoms with Crippen LogP contribution in [-0.4, -0.2) is 11.9 Å². The van der Waals surface area contributed by atoms with Crippen LogP contribution in [0.1, 0.15) is 33.1 Å². The molecule has 2 rings (SSSR count). The van der Waals surface area contributed by atoms with E-state index >= 15 is 0 Å². The van der Waals surface area contributed by atoms with Crippen LogP contribution in [0, 0.1) is 11.3 Å². The van der Waals surface area contributed by atoms with Gasteiger partial charge < -0.3 is 5.32 Å². The zero-order chi connectivity index (χ0) is 8.06. The number of carbonyl (C=O) groups excluding carboxylic acids is 1. The molecule has 0 bridgehead atoms. The Morgan fingerprint density at radius 2 is 2.18 bits per heavy atom. The lowest BCUT2D eigenvalue weighted by Crippen LogP contribution is -2.71. The number of hydrogen-bond acceptors (Lipinski definition) is 1. The number of rotatable bonds is 1. The Hall–Kier alpha value is -0.530. The van der Waals surface area contributed by atoms with Crippen LogP contribution in [0.5, 0.6) is 0 Å². The first-order valence-electron chi connectivity index (χ1n) is 4.48. The van der Waals surface area contributed by atoms with Gasteiger partial charge in [0.15, 0.2) is 0 Å². The van der Waals surface area contributed by atoms with E-state index in [1.165, 1.54) is 6.42 Å². The van der Waals surface area contributed by atoms with Gasteiger partial charge in [-0.05, 0) is 18.8 Å². The van der Waals surface area contributed by atoms with Gasteiger partial charge in [-0.15, -0.1) is 0 Å². The third-order valence-electron chi connectivity index (χ3n) is 3.25. The van der Waals surface area contributed by atoms with Crippen molar-refractivity contribution in [1.29, 1.82) is 0 Å². The summed E-state index contributed by atoms with van der Waals surface area (Å²) in [6.07, 6.45) is 3.50. The lowest BCUT2D eigenvalue weighted by molar-refractivity contribution is -0.157. The van der Waals surface area contributed by atoms with Gasteiger partial charge in [-0.1, -0.05) is 20.3 Å². The number of amides is 1. The molecule has 1 saturated heterocycles. The van der Waals surface area contributed by atoms with Crippen LogP contribution >= 0.6 is 0 Å². The summed E-state index contributed by atoms with van der Waals surface area (Å²) in [6, 6.07) is 0.476. The van der Waals surface area contributed by atoms with Gasteiger partial charge in [0.05, 0.1) is 5.41 Å². The highest BCUT2D eigenvalue weighted by Gasteiger charge is 2.58. The van der Waals surface area contributed by atoms with Crippen molar-refractivity contribution < 1.29 is 4.79 Å². The molecule has 1 amide bonds. The van der Waals surface area contributed by atoms with Crippen LogP contribution in [0.25, 0.3) is 0 Å². The standard InChI is InChI=1S/C9H15NO/c1-6(2)7-9(4-3-5-9)8(11)10-7/h6-7H,3-5H2,1-2H3,(H,10,11)/t7-/m1/s1. The number of hydrogen-bond donors (Lipinski definition) is 1. The zero-order valence-electron chi connectivity index (χ0n) is 7.18. The van der Waals surface area contributed by atoms with E-state index < -0.39 is 0 Å². The Bertz CT molecular complexity index is 194. The maximum absolute atomic E-state index is 11.2. The molecule has 0 unspecified atom stereocenters. The molecular weight excluding hydrogens is 138 g/mol. The van der Waals surface area contributed by atoms with E-state index in [0.717, 1.165) is 12.8 Å². The van der Waals surface area contributed by atoms with Crippen LogP contribution in [-0.2, 0) is 4.79 Å². The monoisotopic (exact) mass is 153 g/mol. The third kappa shape index (κ3) is 0.700. The first-order valence-corrected chi connectivity index (χ1v) is 4.48. The molecule has 2 fully saturated rings. The Balaban J connectivity index is 2.11. The topological polar surface area (TPSA) is 29.1 Å². The molecule has 62 valence electrons. The maximum Gasteiger partial charge on any atom is 0.228 e. The summed E-state index contributed by atoms with van der Waals surface area (Å²) in [7, 11) is 0. The molecule has 0 aromatic rings. The van der Waals surface area contributed by atoms with Gasteiger partial charge in [0.2, 0.25) is 5.91 Å². The zero-order valence-corrected chi connectivity index (χ0v) is 7.18. The fourth-order valence-electron chi connectivity index (χ4n) is 2.39. The minimum absolute atomic E-state index is 0.0914. The molecule has 1 saturated carbocycles. The van der Waals surface area contributed by atoms with Crippen molar-refractivity contribution in [1.82, 2.24) is 5.32 Å². The van der Waals surface area contributed by atoms with E-state index in [9.17, 15) is 4.79 Å². The van der Waals surface area contributed by atoms with Gasteiger partial charge in [-0.25, -0.2) is 0 Å². The van der Waals surface area contributed by atoms with Crippen LogP contribution in [0.15, 0.2) is 0 Å². The molecule has 11 heavy (non-hydrogen) atoms. The molecular formula is C9H15NO. The van der Waals surface area contributed by atoms with Crippen LogP contribution in [0.3, 0.4) is 0 Å². The van der Waals surface area contributed by atoms with Crippen molar-refractivity contribution in [2.24, 2.45) is 11.3 Å². The smallest absolute Gasteiger partial charge is 0.228 e. The van der Waals surface area contributed by atoms with E-state index in [2.05, 4.69) is 19.2 Å². The van der Waals surface area contributed by atoms with Crippen LogP contribution in [0.2, 0.25) is 0 Å². The van der Waals surface area contributed by atoms with Crippen molar-refractivity contribution in [3.05, 3.63) is 0 Å². The van der Waals surface area contributed by atoms with E-state index in [1.807, 2.05) is 0 Å². The molecule has 2 nitrogen and oxygen atoms in total. The highest BCUT2D eigenvalue weighted by molar-refractivity contribution is 5.91. The highest BCUT2D eigenvalue weighted by atomic mass is 16.2. The second kappa shape index (κ2) is 1.99. The van der Waals surface area contributed by atoms with Gasteiger partial charge in [-0.2, -0.15) is 0 Å². The fourth-order valence-corrected chi connectivity index (χ4v) is 2.39. The summed E-state index contributed by atoms with van der Waals surface area (Å²) >= 11 is 0. The fraction of sp³-hybridized carbons (Fsp3) is 0.889. The third-order valence-corrected chi connectivity index (χ3v) is 3.25. The summed E-state index contributed by atoms with van der Waals surface area (Å²) in [5.41, 5.74) is 0.0914. The molecule has 2 aliphatic rings. The lowest BCUT2D eigenvalue weighted by atomic mass is 9.56. The maximum atomic E-state index is 11.2. The second-order valence-electron chi connectivity index (χ2n) is 4.20. The predicted molar refractivity (Wildman–Crippen MR) is 43.1 cm³/mol. The lowest BCUT2D eigenvalue weighted by Gasteiger charge is -2.56. The summed E-state index contributed by atoms with van der Waals surface area (Å²) in [4.78, 5) is 11.2. The van der Waals surface area contributed by atoms with Gasteiger partial charge in [0.25, 0.3) is 0 Å². The Morgan fingerprint density at radius 1 is 1.55 bits per heavy atom. The van der Waals surface area contributed by atoms with Crippen molar-refractivity contribution >= 4 is 5.91 Å². The average molecular weight is 153 g/mol. The minimum Gasteiger partial charge on any atom is -0.351 e. The molecule has 1 spiro atoms. The normalized spacial score (nSPS) is 33.0. The molecule has 0 aromatic heterocycles. The van der Waals surface area contributed by atoms with Gasteiger partial charge in [0.1, 0.15) is 0 Å². The van der Waals surface area contributed by atoms with E-state index in [4.69, 9.17) is 0 Å². The first-order chi connectivity index (χ1) is 5.17. The molecule has 0 radical (unpaired) electrons. The predicted octanol–water partition coefficient (Wildman–Crippen LogP) is 1.31. The minimum atomic E-state index is 0.0914. The summed E-state index contributed by atoms with van der Waals surface area (Å²) in [6.45, 7) is 4.37.